The molecule has 0 saturated carbocycles. The first kappa shape index (κ1) is 20.0. The highest BCUT2D eigenvalue weighted by atomic mass is 32.2. The topological polar surface area (TPSA) is 94.8 Å². The van der Waals surface area contributed by atoms with E-state index in [0.29, 0.717) is 4.80 Å². The lowest BCUT2D eigenvalue weighted by Crippen LogP contribution is -2.22. The second-order valence-electron chi connectivity index (χ2n) is 6.23. The molecule has 0 aliphatic rings. The van der Waals surface area contributed by atoms with Gasteiger partial charge < -0.3 is 9.30 Å². The van der Waals surface area contributed by atoms with Crippen molar-refractivity contribution in [2.45, 2.75) is 18.4 Å². The molecule has 3 aromatic rings. The predicted molar refractivity (Wildman–Crippen MR) is 106 cm³/mol. The Morgan fingerprint density at radius 1 is 1.14 bits per heavy atom. The zero-order chi connectivity index (χ0) is 20.5. The highest BCUT2D eigenvalue weighted by Gasteiger charge is 2.13. The summed E-state index contributed by atoms with van der Waals surface area (Å²) < 4.78 is 30.4. The molecule has 9 heteroatoms. The van der Waals surface area contributed by atoms with Crippen molar-refractivity contribution in [3.05, 3.63) is 58.4 Å². The van der Waals surface area contributed by atoms with Crippen LogP contribution < -0.4 is 4.80 Å². The number of rotatable bonds is 4. The SMILES string of the molecule is COC(=O)Cn1c(=NC(=O)c2ccc(S(C)(=O)=O)cc2)sc2cc(C)ccc21. The molecule has 28 heavy (non-hydrogen) atoms. The first-order chi connectivity index (χ1) is 13.2. The number of aryl methyl sites for hydroxylation is 1. The molecule has 0 fully saturated rings. The van der Waals surface area contributed by atoms with Crippen LogP contribution in [0.2, 0.25) is 0 Å². The maximum absolute atomic E-state index is 12.6. The van der Waals surface area contributed by atoms with Crippen LogP contribution in [0, 0.1) is 6.92 Å². The van der Waals surface area contributed by atoms with Gasteiger partial charge in [0.05, 0.1) is 22.2 Å². The van der Waals surface area contributed by atoms with Crippen LogP contribution in [-0.4, -0.2) is 38.2 Å². The average Bonchev–Trinajstić information content (AvgIpc) is 2.97. The summed E-state index contributed by atoms with van der Waals surface area (Å²) in [7, 11) is -2.05. The van der Waals surface area contributed by atoms with Crippen LogP contribution in [-0.2, 0) is 25.9 Å². The zero-order valence-electron chi connectivity index (χ0n) is 15.5. The molecule has 0 atom stereocenters. The molecule has 3 rings (SSSR count). The number of esters is 1. The van der Waals surface area contributed by atoms with Crippen molar-refractivity contribution in [3.8, 4) is 0 Å². The van der Waals surface area contributed by atoms with E-state index in [9.17, 15) is 18.0 Å². The Balaban J connectivity index is 2.08. The number of nitrogens with zero attached hydrogens (tertiary/aromatic N) is 2. The Labute approximate surface area is 165 Å². The molecule has 0 aliphatic heterocycles. The van der Waals surface area contributed by atoms with Crippen LogP contribution >= 0.6 is 11.3 Å². The number of benzene rings is 2. The number of sulfone groups is 1. The number of ether oxygens (including phenoxy) is 1. The van der Waals surface area contributed by atoms with E-state index in [2.05, 4.69) is 4.99 Å². The largest absolute Gasteiger partial charge is 0.468 e. The minimum Gasteiger partial charge on any atom is -0.468 e. The summed E-state index contributed by atoms with van der Waals surface area (Å²) in [5, 5.41) is 0. The molecular weight excluding hydrogens is 400 g/mol. The van der Waals surface area contributed by atoms with Gasteiger partial charge in [-0.05, 0) is 48.9 Å². The molecule has 1 amide bonds. The van der Waals surface area contributed by atoms with E-state index >= 15 is 0 Å². The van der Waals surface area contributed by atoms with Gasteiger partial charge >= 0.3 is 5.97 Å². The molecule has 0 unspecified atom stereocenters. The van der Waals surface area contributed by atoms with Gasteiger partial charge in [-0.25, -0.2) is 8.42 Å². The zero-order valence-corrected chi connectivity index (χ0v) is 17.1. The van der Waals surface area contributed by atoms with Gasteiger partial charge in [-0.3, -0.25) is 9.59 Å². The number of carbonyl (C=O) groups excluding carboxylic acids is 2. The molecule has 0 spiro atoms. The van der Waals surface area contributed by atoms with E-state index in [4.69, 9.17) is 4.74 Å². The molecule has 0 aliphatic carbocycles. The first-order valence-corrected chi connectivity index (χ1v) is 11.0. The minimum atomic E-state index is -3.34. The number of carbonyl (C=O) groups is 2. The number of hydrogen-bond donors (Lipinski definition) is 0. The number of hydrogen-bond acceptors (Lipinski definition) is 6. The Bertz CT molecular complexity index is 1240. The summed E-state index contributed by atoms with van der Waals surface area (Å²) in [6.45, 7) is 1.88. The van der Waals surface area contributed by atoms with Crippen molar-refractivity contribution < 1.29 is 22.7 Å². The first-order valence-electron chi connectivity index (χ1n) is 8.25. The van der Waals surface area contributed by atoms with Gasteiger partial charge in [-0.1, -0.05) is 17.4 Å². The maximum Gasteiger partial charge on any atom is 0.325 e. The lowest BCUT2D eigenvalue weighted by molar-refractivity contribution is -0.141. The lowest BCUT2D eigenvalue weighted by atomic mass is 10.2. The number of thiazole rings is 1. The van der Waals surface area contributed by atoms with Crippen molar-refractivity contribution in [1.82, 2.24) is 4.57 Å². The normalized spacial score (nSPS) is 12.3. The van der Waals surface area contributed by atoms with Gasteiger partial charge in [0, 0.05) is 11.8 Å². The highest BCUT2D eigenvalue weighted by Crippen LogP contribution is 2.19. The van der Waals surface area contributed by atoms with Gasteiger partial charge in [0.1, 0.15) is 6.54 Å². The molecule has 2 aromatic carbocycles. The molecule has 7 nitrogen and oxygen atoms in total. The van der Waals surface area contributed by atoms with Crippen LogP contribution in [0.4, 0.5) is 0 Å². The molecule has 1 heterocycles. The third-order valence-electron chi connectivity index (χ3n) is 4.08. The van der Waals surface area contributed by atoms with Gasteiger partial charge in [0.15, 0.2) is 14.6 Å². The van der Waals surface area contributed by atoms with Crippen LogP contribution in [0.5, 0.6) is 0 Å². The van der Waals surface area contributed by atoms with Gasteiger partial charge in [-0.2, -0.15) is 4.99 Å². The van der Waals surface area contributed by atoms with E-state index in [1.807, 2.05) is 25.1 Å². The Morgan fingerprint density at radius 3 is 2.43 bits per heavy atom. The third kappa shape index (κ3) is 4.20. The summed E-state index contributed by atoms with van der Waals surface area (Å²) in [6, 6.07) is 11.3. The standard InChI is InChI=1S/C19H18N2O5S2/c1-12-4-9-15-16(10-12)27-19(21(15)11-17(22)26-2)20-18(23)13-5-7-14(8-6-13)28(3,24)25/h4-10H,11H2,1-3H3. The van der Waals surface area contributed by atoms with Crippen LogP contribution in [0.25, 0.3) is 10.2 Å². The fraction of sp³-hybridized carbons (Fsp3) is 0.211. The van der Waals surface area contributed by atoms with E-state index < -0.39 is 21.7 Å². The predicted octanol–water partition coefficient (Wildman–Crippen LogP) is 2.33. The van der Waals surface area contributed by atoms with Gasteiger partial charge in [0.25, 0.3) is 5.91 Å². The highest BCUT2D eigenvalue weighted by molar-refractivity contribution is 7.90. The van der Waals surface area contributed by atoms with Crippen molar-refractivity contribution in [3.63, 3.8) is 0 Å². The van der Waals surface area contributed by atoms with E-state index in [-0.39, 0.29) is 17.0 Å². The monoisotopic (exact) mass is 418 g/mol. The molecular formula is C19H18N2O5S2. The minimum absolute atomic E-state index is 0.0707. The van der Waals surface area contributed by atoms with Crippen molar-refractivity contribution in [1.29, 1.82) is 0 Å². The average molecular weight is 418 g/mol. The second kappa shape index (κ2) is 7.69. The molecule has 146 valence electrons. The van der Waals surface area contributed by atoms with Crippen LogP contribution in [0.1, 0.15) is 15.9 Å². The fourth-order valence-corrected chi connectivity index (χ4v) is 4.36. The molecule has 0 radical (unpaired) electrons. The lowest BCUT2D eigenvalue weighted by Gasteiger charge is -2.04. The maximum atomic E-state index is 12.6. The third-order valence-corrected chi connectivity index (χ3v) is 6.25. The molecule has 0 N–H and O–H groups in total. The Morgan fingerprint density at radius 2 is 1.82 bits per heavy atom. The number of methoxy groups -OCH3 is 1. The summed E-state index contributed by atoms with van der Waals surface area (Å²) in [5.74, 6) is -0.978. The summed E-state index contributed by atoms with van der Waals surface area (Å²) in [4.78, 5) is 29.0. The molecule has 0 saturated heterocycles. The van der Waals surface area contributed by atoms with Crippen LogP contribution in [0.15, 0.2) is 52.4 Å². The van der Waals surface area contributed by atoms with Gasteiger partial charge in [0.2, 0.25) is 0 Å². The quantitative estimate of drug-likeness (QED) is 0.606. The van der Waals surface area contributed by atoms with Gasteiger partial charge in [-0.15, -0.1) is 0 Å². The Hall–Kier alpha value is -2.78. The van der Waals surface area contributed by atoms with Crippen LogP contribution in [0.3, 0.4) is 0 Å². The van der Waals surface area contributed by atoms with E-state index in [0.717, 1.165) is 22.0 Å². The van der Waals surface area contributed by atoms with Crippen molar-refractivity contribution in [2.75, 3.05) is 13.4 Å². The molecule has 0 bridgehead atoms. The summed E-state index contributed by atoms with van der Waals surface area (Å²) in [6.07, 6.45) is 1.10. The Kier molecular flexibility index (Phi) is 5.48. The second-order valence-corrected chi connectivity index (χ2v) is 9.26. The van der Waals surface area contributed by atoms with E-state index in [1.54, 1.807) is 4.57 Å². The van der Waals surface area contributed by atoms with E-state index in [1.165, 1.54) is 42.7 Å². The number of fused-ring (bicyclic) bond motifs is 1. The number of amides is 1. The number of aromatic nitrogens is 1. The molecule has 1 aromatic heterocycles. The van der Waals surface area contributed by atoms with Crippen molar-refractivity contribution >= 4 is 43.3 Å². The summed E-state index contributed by atoms with van der Waals surface area (Å²) in [5.41, 5.74) is 2.08. The summed E-state index contributed by atoms with van der Waals surface area (Å²) >= 11 is 1.29. The van der Waals surface area contributed by atoms with Crippen molar-refractivity contribution in [2.24, 2.45) is 4.99 Å². The smallest absolute Gasteiger partial charge is 0.325 e. The fourth-order valence-electron chi connectivity index (χ4n) is 2.61.